The average Bonchev–Trinajstić information content (AvgIpc) is 3.55. The van der Waals surface area contributed by atoms with Gasteiger partial charge in [-0.1, -0.05) is 18.2 Å². The van der Waals surface area contributed by atoms with Crippen molar-refractivity contribution in [3.05, 3.63) is 76.9 Å². The highest BCUT2D eigenvalue weighted by atomic mass is 16.5. The number of methoxy groups -OCH3 is 1. The van der Waals surface area contributed by atoms with Crippen molar-refractivity contribution in [3.63, 3.8) is 0 Å². The first kappa shape index (κ1) is 37.3. The Morgan fingerprint density at radius 1 is 0.980 bits per heavy atom. The van der Waals surface area contributed by atoms with Gasteiger partial charge in [0.2, 0.25) is 17.7 Å². The Balaban J connectivity index is 1.40. The van der Waals surface area contributed by atoms with E-state index in [1.165, 1.54) is 21.0 Å². The van der Waals surface area contributed by atoms with Crippen LogP contribution in [0.15, 0.2) is 59.6 Å². The first-order chi connectivity index (χ1) is 24.1. The van der Waals surface area contributed by atoms with Crippen LogP contribution in [-0.4, -0.2) is 67.5 Å². The molecule has 1 unspecified atom stereocenters. The van der Waals surface area contributed by atoms with E-state index in [1.807, 2.05) is 24.3 Å². The number of fused-ring (bicyclic) bond motifs is 1. The zero-order valence-electron chi connectivity index (χ0n) is 28.5. The predicted molar refractivity (Wildman–Crippen MR) is 189 cm³/mol. The molecule has 0 radical (unpaired) electrons. The van der Waals surface area contributed by atoms with E-state index in [1.54, 1.807) is 35.2 Å². The number of ether oxygens (including phenoxy) is 2. The minimum absolute atomic E-state index is 0.00902. The highest BCUT2D eigenvalue weighted by molar-refractivity contribution is 6.11. The summed E-state index contributed by atoms with van der Waals surface area (Å²) in [6.07, 6.45) is 3.23. The van der Waals surface area contributed by atoms with Crippen molar-refractivity contribution in [1.82, 2.24) is 10.6 Å². The van der Waals surface area contributed by atoms with Crippen molar-refractivity contribution in [3.8, 4) is 11.5 Å². The van der Waals surface area contributed by atoms with Crippen LogP contribution in [0.5, 0.6) is 11.5 Å². The monoisotopic (exact) mass is 685 g/mol. The number of aliphatic imine (C=N–C) groups is 1. The van der Waals surface area contributed by atoms with Crippen molar-refractivity contribution in [1.29, 1.82) is 0 Å². The Labute approximate surface area is 291 Å². The van der Waals surface area contributed by atoms with Crippen LogP contribution in [0.2, 0.25) is 0 Å². The molecule has 3 aromatic carbocycles. The van der Waals surface area contributed by atoms with E-state index in [0.717, 1.165) is 24.0 Å². The fraction of sp³-hybridized carbons (Fsp3) is 0.351. The summed E-state index contributed by atoms with van der Waals surface area (Å²) >= 11 is 0. The van der Waals surface area contributed by atoms with Gasteiger partial charge >= 0.3 is 0 Å². The molecule has 4 rings (SSSR count). The molecule has 0 aliphatic carbocycles. The number of para-hydroxylation sites is 1. The lowest BCUT2D eigenvalue weighted by Crippen LogP contribution is -2.50. The number of aldehydes is 1. The quantitative estimate of drug-likeness (QED) is 0.0937. The first-order valence-corrected chi connectivity index (χ1v) is 16.4. The maximum absolute atomic E-state index is 13.6. The summed E-state index contributed by atoms with van der Waals surface area (Å²) in [4.78, 5) is 67.6. The molecule has 0 saturated carbocycles. The number of hydrogen-bond donors (Lipinski definition) is 4. The first-order valence-electron chi connectivity index (χ1n) is 16.4. The molecule has 2 atom stereocenters. The number of rotatable bonds is 17. The number of amides is 4. The fourth-order valence-electron chi connectivity index (χ4n) is 5.54. The lowest BCUT2D eigenvalue weighted by atomic mass is 10.1. The maximum atomic E-state index is 13.6. The third-order valence-electron chi connectivity index (χ3n) is 8.21. The second kappa shape index (κ2) is 17.7. The Bertz CT molecular complexity index is 1740. The lowest BCUT2D eigenvalue weighted by molar-refractivity contribution is -0.130. The normalized spacial score (nSPS) is 13.0. The molecule has 0 saturated heterocycles. The van der Waals surface area contributed by atoms with Crippen LogP contribution >= 0.6 is 0 Å². The molecule has 1 aliphatic rings. The van der Waals surface area contributed by atoms with E-state index in [2.05, 4.69) is 27.7 Å². The molecule has 13 heteroatoms. The van der Waals surface area contributed by atoms with Crippen LogP contribution in [0.4, 0.5) is 17.1 Å². The average molecular weight is 686 g/mol. The van der Waals surface area contributed by atoms with Gasteiger partial charge in [0.15, 0.2) is 11.5 Å². The number of anilines is 2. The Hall–Kier alpha value is -5.56. The molecule has 1 heterocycles. The zero-order valence-corrected chi connectivity index (χ0v) is 28.5. The Morgan fingerprint density at radius 2 is 1.72 bits per heavy atom. The minimum atomic E-state index is -0.948. The van der Waals surface area contributed by atoms with Crippen molar-refractivity contribution in [2.24, 2.45) is 4.99 Å². The van der Waals surface area contributed by atoms with Crippen LogP contribution in [0.25, 0.3) is 0 Å². The van der Waals surface area contributed by atoms with Crippen LogP contribution in [0.3, 0.4) is 0 Å². The number of carbonyl (C=O) groups excluding carboxylic acids is 5. The SMILES string of the molecule is C=Nc1cc(OCc2cc(CO)cc(NC(=O)C(C)NC(=O)[C@H](C)NC(=O)CCCCC=O)c2)c(OC)cc1C(=O)N1CCc2ccccc21. The summed E-state index contributed by atoms with van der Waals surface area (Å²) in [6, 6.07) is 14.1. The summed E-state index contributed by atoms with van der Waals surface area (Å²) in [6.45, 7) is 6.92. The largest absolute Gasteiger partial charge is 0.493 e. The minimum Gasteiger partial charge on any atom is -0.493 e. The number of nitrogens with zero attached hydrogens (tertiary/aromatic N) is 2. The molecule has 3 aromatic rings. The molecule has 0 spiro atoms. The van der Waals surface area contributed by atoms with Crippen molar-refractivity contribution in [2.75, 3.05) is 23.9 Å². The standard InChI is InChI=1S/C37H43N5O8/c1-23(39-34(45)12-6-5-9-15-43)35(46)40-24(2)36(47)41-28-17-25(21-44)16-26(18-28)22-50-33-20-30(38-3)29(19-32(33)49-4)37(48)42-14-13-27-10-7-8-11-31(27)42/h7-8,10-11,15-20,23-24,44H,3,5-6,9,12-14,21-22H2,1-2,4H3,(H,39,45)(H,40,46)(H,41,47)/t23-,24?/m0/s1. The molecule has 4 N–H and O–H groups in total. The van der Waals surface area contributed by atoms with Crippen LogP contribution in [-0.2, 0) is 38.8 Å². The van der Waals surface area contributed by atoms with E-state index in [9.17, 15) is 29.1 Å². The highest BCUT2D eigenvalue weighted by Gasteiger charge is 2.28. The van der Waals surface area contributed by atoms with Crippen LogP contribution < -0.4 is 30.3 Å². The molecule has 4 amide bonds. The van der Waals surface area contributed by atoms with E-state index < -0.39 is 23.9 Å². The third kappa shape index (κ3) is 9.53. The van der Waals surface area contributed by atoms with Crippen LogP contribution in [0.1, 0.15) is 66.6 Å². The number of carbonyl (C=O) groups is 5. The third-order valence-corrected chi connectivity index (χ3v) is 8.21. The van der Waals surface area contributed by atoms with Crippen molar-refractivity contribution in [2.45, 2.75) is 71.2 Å². The second-order valence-electron chi connectivity index (χ2n) is 11.9. The number of hydrogen-bond acceptors (Lipinski definition) is 9. The molecule has 1 aliphatic heterocycles. The van der Waals surface area contributed by atoms with Gasteiger partial charge in [0.05, 0.1) is 25.0 Å². The Kier molecular flexibility index (Phi) is 13.2. The van der Waals surface area contributed by atoms with Gasteiger partial charge in [0, 0.05) is 36.8 Å². The van der Waals surface area contributed by atoms with E-state index in [4.69, 9.17) is 9.47 Å². The Morgan fingerprint density at radius 3 is 2.44 bits per heavy atom. The predicted octanol–water partition coefficient (Wildman–Crippen LogP) is 4.01. The summed E-state index contributed by atoms with van der Waals surface area (Å²) in [5.41, 5.74) is 4.07. The summed E-state index contributed by atoms with van der Waals surface area (Å²) in [5, 5.41) is 17.8. The van der Waals surface area contributed by atoms with Gasteiger partial charge in [0.1, 0.15) is 25.0 Å². The zero-order chi connectivity index (χ0) is 36.2. The van der Waals surface area contributed by atoms with Gasteiger partial charge in [-0.2, -0.15) is 0 Å². The smallest absolute Gasteiger partial charge is 0.260 e. The molecule has 13 nitrogen and oxygen atoms in total. The van der Waals surface area contributed by atoms with E-state index in [-0.39, 0.29) is 31.4 Å². The molecule has 50 heavy (non-hydrogen) atoms. The molecular formula is C37H43N5O8. The molecular weight excluding hydrogens is 642 g/mol. The highest BCUT2D eigenvalue weighted by Crippen LogP contribution is 2.38. The molecule has 0 aromatic heterocycles. The van der Waals surface area contributed by atoms with Crippen LogP contribution in [0, 0.1) is 0 Å². The summed E-state index contributed by atoms with van der Waals surface area (Å²) in [7, 11) is 1.47. The van der Waals surface area contributed by atoms with Gasteiger partial charge in [-0.15, -0.1) is 0 Å². The van der Waals surface area contributed by atoms with E-state index in [0.29, 0.717) is 65.4 Å². The molecule has 0 fully saturated rings. The molecule has 264 valence electrons. The maximum Gasteiger partial charge on any atom is 0.260 e. The van der Waals surface area contributed by atoms with Gasteiger partial charge in [-0.05, 0) is 86.8 Å². The number of aliphatic hydroxyl groups is 1. The van der Waals surface area contributed by atoms with Gasteiger partial charge in [0.25, 0.3) is 5.91 Å². The number of benzene rings is 3. The van der Waals surface area contributed by atoms with Gasteiger partial charge in [-0.25, -0.2) is 0 Å². The fourth-order valence-corrected chi connectivity index (χ4v) is 5.54. The number of aliphatic hydroxyl groups excluding tert-OH is 1. The van der Waals surface area contributed by atoms with Gasteiger partial charge in [-0.3, -0.25) is 24.2 Å². The number of unbranched alkanes of at least 4 members (excludes halogenated alkanes) is 2. The number of nitrogens with one attached hydrogen (secondary N) is 3. The molecule has 0 bridgehead atoms. The van der Waals surface area contributed by atoms with E-state index >= 15 is 0 Å². The topological polar surface area (TPSA) is 176 Å². The second-order valence-corrected chi connectivity index (χ2v) is 11.9. The summed E-state index contributed by atoms with van der Waals surface area (Å²) in [5.74, 6) is -0.979. The summed E-state index contributed by atoms with van der Waals surface area (Å²) < 4.78 is 11.7. The lowest BCUT2D eigenvalue weighted by Gasteiger charge is -2.20. The van der Waals surface area contributed by atoms with Gasteiger partial charge < -0.3 is 40.2 Å². The van der Waals surface area contributed by atoms with Crippen molar-refractivity contribution >= 4 is 53.7 Å². The van der Waals surface area contributed by atoms with Crippen molar-refractivity contribution < 1.29 is 38.6 Å².